The van der Waals surface area contributed by atoms with E-state index in [2.05, 4.69) is 26.1 Å². The first-order valence-corrected chi connectivity index (χ1v) is 14.0. The van der Waals surface area contributed by atoms with Crippen LogP contribution < -0.4 is 5.32 Å². The van der Waals surface area contributed by atoms with Crippen LogP contribution in [0.15, 0.2) is 0 Å². The maximum Gasteiger partial charge on any atom is 0.325 e. The van der Waals surface area contributed by atoms with Gasteiger partial charge in [-0.2, -0.15) is 0 Å². The van der Waals surface area contributed by atoms with Crippen LogP contribution in [-0.4, -0.2) is 58.7 Å². The van der Waals surface area contributed by atoms with Gasteiger partial charge in [0, 0.05) is 6.42 Å². The molecule has 0 aromatic rings. The van der Waals surface area contributed by atoms with Crippen LogP contribution in [0.3, 0.4) is 0 Å². The minimum atomic E-state index is -0.422. The van der Waals surface area contributed by atoms with E-state index in [9.17, 15) is 24.9 Å². The number of fused-ring (bicyclic) bond motifs is 5. The average Bonchev–Trinajstić information content (AvgIpc) is 3.16. The Morgan fingerprint density at radius 1 is 1.06 bits per heavy atom. The molecule has 7 nitrogen and oxygen atoms in total. The number of ether oxygens (including phenoxy) is 1. The molecular formula is C28H47NO6. The molecule has 0 aromatic carbocycles. The first-order chi connectivity index (χ1) is 16.5. The van der Waals surface area contributed by atoms with Gasteiger partial charge in [0.15, 0.2) is 0 Å². The molecule has 4 N–H and O–H groups in total. The molecular weight excluding hydrogens is 446 g/mol. The highest BCUT2D eigenvalue weighted by Crippen LogP contribution is 2.68. The van der Waals surface area contributed by atoms with Gasteiger partial charge in [-0.3, -0.25) is 9.59 Å². The van der Waals surface area contributed by atoms with E-state index in [4.69, 9.17) is 4.74 Å². The Morgan fingerprint density at radius 2 is 1.80 bits per heavy atom. The number of nitrogens with one attached hydrogen (secondary N) is 1. The lowest BCUT2D eigenvalue weighted by Crippen LogP contribution is -2.62. The second kappa shape index (κ2) is 10.3. The predicted octanol–water partition coefficient (Wildman–Crippen LogP) is 3.04. The maximum absolute atomic E-state index is 12.3. The van der Waals surface area contributed by atoms with Gasteiger partial charge < -0.3 is 25.4 Å². The van der Waals surface area contributed by atoms with Crippen LogP contribution in [0, 0.1) is 46.3 Å². The lowest BCUT2D eigenvalue weighted by Gasteiger charge is -2.63. The van der Waals surface area contributed by atoms with E-state index in [1.54, 1.807) is 6.92 Å². The normalized spacial score (nSPS) is 45.6. The number of esters is 1. The average molecular weight is 494 g/mol. The fourth-order valence-corrected chi connectivity index (χ4v) is 9.16. The van der Waals surface area contributed by atoms with Crippen molar-refractivity contribution in [3.05, 3.63) is 0 Å². The standard InChI is InChI=1S/C28H47NO6/c1-5-35-25(34)15-29-24(33)9-6-16(2)19-7-8-20-26-21(14-23(32)28(19,20)4)27(3)11-10-18(30)12-17(27)13-22(26)31/h16-23,26,30-32H,5-15H2,1-4H3,(H,29,33)/t16-,17+,18-,19-,20+,21+,22-,23+,26+,27+,28-/m1/s1. The van der Waals surface area contributed by atoms with Crippen molar-refractivity contribution in [3.8, 4) is 0 Å². The molecule has 0 radical (unpaired) electrons. The summed E-state index contributed by atoms with van der Waals surface area (Å²) in [6.45, 7) is 8.72. The molecule has 7 heteroatoms. The third kappa shape index (κ3) is 4.77. The van der Waals surface area contributed by atoms with Gasteiger partial charge in [-0.1, -0.05) is 20.8 Å². The summed E-state index contributed by atoms with van der Waals surface area (Å²) >= 11 is 0. The van der Waals surface area contributed by atoms with Crippen molar-refractivity contribution in [2.75, 3.05) is 13.2 Å². The molecule has 4 aliphatic carbocycles. The van der Waals surface area contributed by atoms with Crippen LogP contribution in [-0.2, 0) is 14.3 Å². The van der Waals surface area contributed by atoms with E-state index in [1.165, 1.54) is 0 Å². The van der Waals surface area contributed by atoms with Gasteiger partial charge in [-0.05, 0) is 105 Å². The summed E-state index contributed by atoms with van der Waals surface area (Å²) in [5.74, 6) is 1.09. The molecule has 0 spiro atoms. The highest BCUT2D eigenvalue weighted by Gasteiger charge is 2.65. The number of rotatable bonds is 7. The van der Waals surface area contributed by atoms with Gasteiger partial charge in [-0.15, -0.1) is 0 Å². The summed E-state index contributed by atoms with van der Waals surface area (Å²) in [7, 11) is 0. The molecule has 0 unspecified atom stereocenters. The quantitative estimate of drug-likeness (QED) is 0.405. The van der Waals surface area contributed by atoms with Crippen LogP contribution in [0.25, 0.3) is 0 Å². The third-order valence-corrected chi connectivity index (χ3v) is 11.1. The molecule has 4 fully saturated rings. The van der Waals surface area contributed by atoms with Crippen LogP contribution in [0.1, 0.15) is 85.5 Å². The summed E-state index contributed by atoms with van der Waals surface area (Å²) in [5, 5.41) is 36.0. The SMILES string of the molecule is CCOC(=O)CNC(=O)CC[C@@H](C)[C@H]1CC[C@H]2[C@@H]3[C@H](O)C[C@@H]4C[C@H](O)CC[C@]4(C)[C@H]3C[C@H](O)[C@]12C. The second-order valence-electron chi connectivity index (χ2n) is 12.6. The zero-order valence-corrected chi connectivity index (χ0v) is 22.0. The number of hydrogen-bond donors (Lipinski definition) is 4. The highest BCUT2D eigenvalue weighted by molar-refractivity contribution is 5.81. The van der Waals surface area contributed by atoms with E-state index in [-0.39, 0.29) is 53.2 Å². The Balaban J connectivity index is 1.43. The van der Waals surface area contributed by atoms with E-state index in [1.807, 2.05) is 0 Å². The first-order valence-electron chi connectivity index (χ1n) is 14.0. The molecule has 4 saturated carbocycles. The fourth-order valence-electron chi connectivity index (χ4n) is 9.16. The Labute approximate surface area is 210 Å². The number of carbonyl (C=O) groups is 2. The van der Waals surface area contributed by atoms with Crippen LogP contribution in [0.4, 0.5) is 0 Å². The molecule has 0 heterocycles. The molecule has 4 aliphatic rings. The minimum absolute atomic E-state index is 0.0755. The van der Waals surface area contributed by atoms with Crippen LogP contribution >= 0.6 is 0 Å². The number of aliphatic hydroxyl groups is 3. The summed E-state index contributed by atoms with van der Waals surface area (Å²) in [6, 6.07) is 0. The largest absolute Gasteiger partial charge is 0.465 e. The van der Waals surface area contributed by atoms with Gasteiger partial charge in [0.25, 0.3) is 0 Å². The number of hydrogen-bond acceptors (Lipinski definition) is 6. The van der Waals surface area contributed by atoms with E-state index >= 15 is 0 Å². The topological polar surface area (TPSA) is 116 Å². The highest BCUT2D eigenvalue weighted by atomic mass is 16.5. The van der Waals surface area contributed by atoms with Gasteiger partial charge in [0.1, 0.15) is 6.54 Å². The molecule has 0 aliphatic heterocycles. The summed E-state index contributed by atoms with van der Waals surface area (Å²) in [5.41, 5.74) is -0.188. The molecule has 4 rings (SSSR count). The second-order valence-corrected chi connectivity index (χ2v) is 12.6. The Hall–Kier alpha value is -1.18. The maximum atomic E-state index is 12.3. The summed E-state index contributed by atoms with van der Waals surface area (Å²) < 4.78 is 4.87. The molecule has 35 heavy (non-hydrogen) atoms. The third-order valence-electron chi connectivity index (χ3n) is 11.1. The number of amides is 1. The summed E-state index contributed by atoms with van der Waals surface area (Å²) in [6.07, 6.45) is 6.09. The van der Waals surface area contributed by atoms with Crippen molar-refractivity contribution in [3.63, 3.8) is 0 Å². The molecule has 11 atom stereocenters. The molecule has 1 amide bonds. The molecule has 200 valence electrons. The molecule has 0 aromatic heterocycles. The monoisotopic (exact) mass is 493 g/mol. The van der Waals surface area contributed by atoms with Gasteiger partial charge in [0.05, 0.1) is 24.9 Å². The zero-order chi connectivity index (χ0) is 25.5. The molecule has 0 saturated heterocycles. The van der Waals surface area contributed by atoms with Crippen LogP contribution in [0.2, 0.25) is 0 Å². The lowest BCUT2D eigenvalue weighted by molar-refractivity contribution is -0.207. The minimum Gasteiger partial charge on any atom is -0.465 e. The Bertz CT molecular complexity index is 789. The van der Waals surface area contributed by atoms with Gasteiger partial charge >= 0.3 is 5.97 Å². The van der Waals surface area contributed by atoms with E-state index < -0.39 is 12.1 Å². The Kier molecular flexibility index (Phi) is 7.90. The summed E-state index contributed by atoms with van der Waals surface area (Å²) in [4.78, 5) is 23.8. The zero-order valence-electron chi connectivity index (χ0n) is 22.0. The van der Waals surface area contributed by atoms with Crippen molar-refractivity contribution in [2.24, 2.45) is 46.3 Å². The van der Waals surface area contributed by atoms with Crippen molar-refractivity contribution in [1.82, 2.24) is 5.32 Å². The predicted molar refractivity (Wildman–Crippen MR) is 132 cm³/mol. The van der Waals surface area contributed by atoms with Crippen molar-refractivity contribution >= 4 is 11.9 Å². The van der Waals surface area contributed by atoms with Crippen LogP contribution in [0.5, 0.6) is 0 Å². The van der Waals surface area contributed by atoms with Crippen molar-refractivity contribution < 1.29 is 29.6 Å². The fraction of sp³-hybridized carbons (Fsp3) is 0.929. The molecule has 0 bridgehead atoms. The first kappa shape index (κ1) is 26.9. The van der Waals surface area contributed by atoms with E-state index in [0.29, 0.717) is 37.2 Å². The van der Waals surface area contributed by atoms with Crippen molar-refractivity contribution in [1.29, 1.82) is 0 Å². The number of carbonyl (C=O) groups excluding carboxylic acids is 2. The number of aliphatic hydroxyl groups excluding tert-OH is 3. The Morgan fingerprint density at radius 3 is 2.51 bits per heavy atom. The smallest absolute Gasteiger partial charge is 0.325 e. The van der Waals surface area contributed by atoms with E-state index in [0.717, 1.165) is 44.9 Å². The lowest BCUT2D eigenvalue weighted by atomic mass is 9.43. The van der Waals surface area contributed by atoms with Gasteiger partial charge in [0.2, 0.25) is 5.91 Å². The van der Waals surface area contributed by atoms with Gasteiger partial charge in [-0.25, -0.2) is 0 Å². The van der Waals surface area contributed by atoms with Crippen molar-refractivity contribution in [2.45, 2.75) is 104 Å².